The van der Waals surface area contributed by atoms with Gasteiger partial charge in [-0.1, -0.05) is 48.3 Å². The third-order valence-corrected chi connectivity index (χ3v) is 13.4. The zero-order valence-electron chi connectivity index (χ0n) is 37.4. The number of nitro benzene ring substituents is 1. The zero-order valence-corrected chi connectivity index (χ0v) is 37.4. The third kappa shape index (κ3) is 10.4. The standard InChI is InChI=1S/C52H59FN4O9/c1-3-27-64-52-48(56(51(60)37-17-18-37)31-35-13-19-39(53)20-14-35)30-46(55-65-32-36-15-21-41(22-16-36)57(61)62)44-28-38(10-4-6-25-58)43(12-5-7-26-59)49(50(44)52)45-29-42(23-24-47(45)66-52)63-33-40-11-8-9-34(2)54-40/h3,8-9,11,13-16,19-24,28-29,37-38,43,48-50,58-59H,1,4-7,10,12,17-18,25-27,30-33H2,2H3/t38-,43+,48-,49+,50+,52+/m0/s1. The predicted molar refractivity (Wildman–Crippen MR) is 246 cm³/mol. The van der Waals surface area contributed by atoms with Gasteiger partial charge in [0.1, 0.15) is 36.6 Å². The number of carbonyl (C=O) groups is 1. The number of unbranched alkanes of at least 4 members (excludes halogenated alkanes) is 2. The van der Waals surface area contributed by atoms with Gasteiger partial charge in [0.05, 0.1) is 28.9 Å². The molecule has 8 rings (SSSR count). The van der Waals surface area contributed by atoms with Crippen molar-refractivity contribution in [1.29, 1.82) is 0 Å². The molecule has 13 nitrogen and oxygen atoms in total. The second kappa shape index (κ2) is 21.1. The molecule has 4 aliphatic rings. The number of benzene rings is 3. The van der Waals surface area contributed by atoms with Crippen molar-refractivity contribution >= 4 is 17.3 Å². The molecule has 2 saturated carbocycles. The summed E-state index contributed by atoms with van der Waals surface area (Å²) in [6, 6.07) is 23.2. The molecule has 4 aromatic rings. The number of carbonyl (C=O) groups excluding carboxylic acids is 1. The second-order valence-corrected chi connectivity index (χ2v) is 17.9. The molecule has 0 saturated heterocycles. The lowest BCUT2D eigenvalue weighted by molar-refractivity contribution is -0.384. The molecular formula is C52H59FN4O9. The molecule has 1 aromatic heterocycles. The maximum Gasteiger partial charge on any atom is 0.269 e. The van der Waals surface area contributed by atoms with Crippen LogP contribution in [0.25, 0.3) is 0 Å². The van der Waals surface area contributed by atoms with Crippen LogP contribution in [-0.4, -0.2) is 68.3 Å². The van der Waals surface area contributed by atoms with Crippen molar-refractivity contribution in [3.05, 3.63) is 153 Å². The van der Waals surface area contributed by atoms with E-state index in [-0.39, 0.29) is 87.1 Å². The molecule has 348 valence electrons. The van der Waals surface area contributed by atoms with E-state index in [4.69, 9.17) is 24.2 Å². The van der Waals surface area contributed by atoms with E-state index in [1.807, 2.05) is 42.2 Å². The molecule has 2 N–H and O–H groups in total. The number of aliphatic hydroxyl groups is 2. The first-order chi connectivity index (χ1) is 32.1. The topological polar surface area (TPSA) is 166 Å². The number of allylic oxidation sites excluding steroid dienone is 1. The van der Waals surface area contributed by atoms with Crippen LogP contribution in [0, 0.1) is 46.5 Å². The number of halogens is 1. The normalized spacial score (nSPS) is 23.5. The molecular weight excluding hydrogens is 844 g/mol. The summed E-state index contributed by atoms with van der Waals surface area (Å²) in [5.74, 6) is -1.68. The van der Waals surface area contributed by atoms with E-state index in [1.54, 1.807) is 30.3 Å². The van der Waals surface area contributed by atoms with Crippen molar-refractivity contribution < 1.29 is 43.4 Å². The van der Waals surface area contributed by atoms with E-state index < -0.39 is 22.7 Å². The number of aliphatic hydroxyl groups excluding tert-OH is 2. The predicted octanol–water partition coefficient (Wildman–Crippen LogP) is 9.29. The van der Waals surface area contributed by atoms with Crippen molar-refractivity contribution in [1.82, 2.24) is 9.88 Å². The lowest BCUT2D eigenvalue weighted by Gasteiger charge is -2.60. The minimum absolute atomic E-state index is 0.00208. The smallest absolute Gasteiger partial charge is 0.269 e. The number of hydrogen-bond donors (Lipinski definition) is 2. The van der Waals surface area contributed by atoms with Crippen molar-refractivity contribution in [2.24, 2.45) is 28.8 Å². The van der Waals surface area contributed by atoms with Crippen LogP contribution in [0.15, 0.2) is 114 Å². The Kier molecular flexibility index (Phi) is 14.9. The van der Waals surface area contributed by atoms with Crippen LogP contribution in [-0.2, 0) is 34.1 Å². The number of hydrogen-bond acceptors (Lipinski definition) is 11. The Morgan fingerprint density at radius 2 is 1.74 bits per heavy atom. The Morgan fingerprint density at radius 3 is 2.44 bits per heavy atom. The summed E-state index contributed by atoms with van der Waals surface area (Å²) in [7, 11) is 0. The summed E-state index contributed by atoms with van der Waals surface area (Å²) in [6.07, 6.45) is 9.97. The van der Waals surface area contributed by atoms with Gasteiger partial charge in [0.2, 0.25) is 11.7 Å². The maximum atomic E-state index is 14.9. The lowest BCUT2D eigenvalue weighted by atomic mass is 9.55. The van der Waals surface area contributed by atoms with Crippen molar-refractivity contribution in [2.75, 3.05) is 19.8 Å². The molecule has 66 heavy (non-hydrogen) atoms. The molecule has 2 fully saturated rings. The number of nitro groups is 1. The average molecular weight is 903 g/mol. The summed E-state index contributed by atoms with van der Waals surface area (Å²) >= 11 is 0. The van der Waals surface area contributed by atoms with Gasteiger partial charge in [-0.25, -0.2) is 4.39 Å². The van der Waals surface area contributed by atoms with E-state index >= 15 is 0 Å². The van der Waals surface area contributed by atoms with Crippen molar-refractivity contribution in [2.45, 2.75) is 102 Å². The van der Waals surface area contributed by atoms with Crippen LogP contribution in [0.4, 0.5) is 10.1 Å². The molecule has 0 radical (unpaired) electrons. The summed E-state index contributed by atoms with van der Waals surface area (Å²) in [5.41, 5.74) is 5.49. The first-order valence-corrected chi connectivity index (χ1v) is 23.2. The molecule has 0 spiro atoms. The molecule has 3 aromatic carbocycles. The number of pyridine rings is 1. The minimum Gasteiger partial charge on any atom is -0.487 e. The van der Waals surface area contributed by atoms with Crippen LogP contribution < -0.4 is 9.47 Å². The van der Waals surface area contributed by atoms with Crippen LogP contribution in [0.3, 0.4) is 0 Å². The minimum atomic E-state index is -1.47. The summed E-state index contributed by atoms with van der Waals surface area (Å²) in [4.78, 5) is 38.5. The molecule has 6 atom stereocenters. The largest absolute Gasteiger partial charge is 0.487 e. The Bertz CT molecular complexity index is 2410. The van der Waals surface area contributed by atoms with Gasteiger partial charge in [0, 0.05) is 61.4 Å². The van der Waals surface area contributed by atoms with Gasteiger partial charge in [-0.05, 0) is 129 Å². The molecule has 2 heterocycles. The summed E-state index contributed by atoms with van der Waals surface area (Å²) < 4.78 is 35.3. The van der Waals surface area contributed by atoms with Gasteiger partial charge in [-0.15, -0.1) is 6.58 Å². The Morgan fingerprint density at radius 1 is 1.00 bits per heavy atom. The van der Waals surface area contributed by atoms with Crippen LogP contribution >= 0.6 is 0 Å². The summed E-state index contributed by atoms with van der Waals surface area (Å²) in [5, 5.41) is 36.3. The van der Waals surface area contributed by atoms with Gasteiger partial charge >= 0.3 is 0 Å². The third-order valence-electron chi connectivity index (χ3n) is 13.4. The average Bonchev–Trinajstić information content (AvgIpc) is 4.18. The number of fused-ring (bicyclic) bond motifs is 2. The van der Waals surface area contributed by atoms with Crippen LogP contribution in [0.1, 0.15) is 91.8 Å². The van der Waals surface area contributed by atoms with Crippen LogP contribution in [0.2, 0.25) is 0 Å². The number of oxime groups is 1. The summed E-state index contributed by atoms with van der Waals surface area (Å²) in [6.45, 7) is 6.66. The highest BCUT2D eigenvalue weighted by Crippen LogP contribution is 2.62. The molecule has 14 heteroatoms. The van der Waals surface area contributed by atoms with E-state index in [9.17, 15) is 29.5 Å². The number of amides is 1. The Hall–Kier alpha value is -5.96. The van der Waals surface area contributed by atoms with Gasteiger partial charge in [0.15, 0.2) is 0 Å². The number of nitrogens with zero attached hydrogens (tertiary/aromatic N) is 4. The van der Waals surface area contributed by atoms with Gasteiger partial charge in [-0.2, -0.15) is 0 Å². The highest BCUT2D eigenvalue weighted by molar-refractivity contribution is 6.03. The number of aryl methyl sites for hydroxylation is 1. The van der Waals surface area contributed by atoms with E-state index in [0.717, 1.165) is 66.6 Å². The number of aromatic nitrogens is 1. The van der Waals surface area contributed by atoms with E-state index in [0.29, 0.717) is 35.6 Å². The fraction of sp³-hybridized carbons (Fsp3) is 0.442. The van der Waals surface area contributed by atoms with Gasteiger partial charge in [-0.3, -0.25) is 19.9 Å². The zero-order chi connectivity index (χ0) is 46.2. The molecule has 1 amide bonds. The first kappa shape index (κ1) is 46.6. The first-order valence-electron chi connectivity index (χ1n) is 23.2. The van der Waals surface area contributed by atoms with Gasteiger partial charge < -0.3 is 34.2 Å². The second-order valence-electron chi connectivity index (χ2n) is 17.9. The molecule has 1 aliphatic heterocycles. The van der Waals surface area contributed by atoms with Gasteiger partial charge in [0.25, 0.3) is 5.69 Å². The monoisotopic (exact) mass is 902 g/mol. The fourth-order valence-electron chi connectivity index (χ4n) is 10.2. The molecule has 0 bridgehead atoms. The SMILES string of the molecule is C=CCO[C@@]12Oc3ccc(OCc4cccc(C)n4)cc3[C@H]3[C@H](CCCCO)[C@@H](CCCCO)C=C(C(=NOCc4ccc([N+](=O)[O-])cc4)C[C@@H]1N(Cc1ccc(F)cc1)C(=O)C1CC1)[C@H]32. The van der Waals surface area contributed by atoms with Crippen molar-refractivity contribution in [3.8, 4) is 11.5 Å². The quantitative estimate of drug-likeness (QED) is 0.0336. The molecule has 0 unspecified atom stereocenters. The highest BCUT2D eigenvalue weighted by atomic mass is 19.1. The maximum absolute atomic E-state index is 14.9. The fourth-order valence-corrected chi connectivity index (χ4v) is 10.2. The van der Waals surface area contributed by atoms with Crippen molar-refractivity contribution in [3.63, 3.8) is 0 Å². The number of ether oxygens (including phenoxy) is 3. The van der Waals surface area contributed by atoms with Crippen LogP contribution in [0.5, 0.6) is 11.5 Å². The van der Waals surface area contributed by atoms with E-state index in [1.165, 1.54) is 24.3 Å². The number of rotatable bonds is 22. The Balaban J connectivity index is 1.30. The van der Waals surface area contributed by atoms with E-state index in [2.05, 4.69) is 23.7 Å². The Labute approximate surface area is 385 Å². The lowest BCUT2D eigenvalue weighted by Crippen LogP contribution is -2.70. The highest BCUT2D eigenvalue weighted by Gasteiger charge is 2.66. The molecule has 3 aliphatic carbocycles. The number of non-ortho nitro benzene ring substituents is 1.